The summed E-state index contributed by atoms with van der Waals surface area (Å²) in [5.41, 5.74) is 0.176. The monoisotopic (exact) mass is 554 g/mol. The lowest BCUT2D eigenvalue weighted by molar-refractivity contribution is -0.138. The van der Waals surface area contributed by atoms with Gasteiger partial charge >= 0.3 is 5.97 Å². The molecule has 2 amide bonds. The fourth-order valence-electron chi connectivity index (χ4n) is 6.58. The second-order valence-corrected chi connectivity index (χ2v) is 11.4. The molecular weight excluding hydrogens is 524 g/mol. The van der Waals surface area contributed by atoms with E-state index in [1.807, 2.05) is 18.2 Å². The number of methoxy groups -OCH3 is 2. The van der Waals surface area contributed by atoms with Gasteiger partial charge in [-0.1, -0.05) is 38.1 Å². The Kier molecular flexibility index (Phi) is 5.95. The topological polar surface area (TPSA) is 113 Å². The molecule has 2 aromatic carbocycles. The van der Waals surface area contributed by atoms with Crippen LogP contribution in [0.2, 0.25) is 0 Å². The highest BCUT2D eigenvalue weighted by Crippen LogP contribution is 2.54. The van der Waals surface area contributed by atoms with E-state index in [0.717, 1.165) is 29.6 Å². The van der Waals surface area contributed by atoms with E-state index in [9.17, 15) is 19.5 Å². The van der Waals surface area contributed by atoms with E-state index in [1.54, 1.807) is 30.3 Å². The molecule has 2 aromatic rings. The van der Waals surface area contributed by atoms with Gasteiger partial charge in [0.25, 0.3) is 11.8 Å². The maximum atomic E-state index is 15.0. The predicted octanol–water partition coefficient (Wildman–Crippen LogP) is 4.42. The Hall–Kier alpha value is -4.66. The van der Waals surface area contributed by atoms with Crippen molar-refractivity contribution in [1.82, 2.24) is 0 Å². The molecule has 0 aromatic heterocycles. The van der Waals surface area contributed by atoms with Gasteiger partial charge in [0.1, 0.15) is 11.3 Å². The molecule has 1 atom stereocenters. The molecular formula is C32H30N2O7. The van der Waals surface area contributed by atoms with Crippen molar-refractivity contribution < 1.29 is 33.8 Å². The number of ether oxygens (including phenoxy) is 2. The minimum Gasteiger partial charge on any atom is -0.503 e. The first-order chi connectivity index (χ1) is 19.6. The van der Waals surface area contributed by atoms with Gasteiger partial charge in [-0.25, -0.2) is 4.79 Å². The van der Waals surface area contributed by atoms with Crippen LogP contribution in [0.3, 0.4) is 0 Å². The maximum Gasteiger partial charge on any atom is 0.341 e. The highest BCUT2D eigenvalue weighted by molar-refractivity contribution is 6.33. The molecule has 2 aliphatic carbocycles. The summed E-state index contributed by atoms with van der Waals surface area (Å²) in [4.78, 5) is 58.5. The molecule has 2 heterocycles. The van der Waals surface area contributed by atoms with Crippen molar-refractivity contribution in [3.63, 3.8) is 0 Å². The second kappa shape index (κ2) is 9.19. The van der Waals surface area contributed by atoms with Gasteiger partial charge in [0.15, 0.2) is 17.1 Å². The quantitative estimate of drug-likeness (QED) is 0.557. The van der Waals surface area contributed by atoms with Crippen LogP contribution in [-0.4, -0.2) is 48.4 Å². The molecule has 210 valence electrons. The third kappa shape index (κ3) is 3.61. The number of aliphatic hydroxyl groups is 1. The maximum absolute atomic E-state index is 15.0. The smallest absolute Gasteiger partial charge is 0.341 e. The number of benzene rings is 2. The van der Waals surface area contributed by atoms with Crippen LogP contribution in [0.1, 0.15) is 44.2 Å². The number of anilines is 2. The van der Waals surface area contributed by atoms with Crippen LogP contribution >= 0.6 is 0 Å². The van der Waals surface area contributed by atoms with E-state index in [2.05, 4.69) is 19.9 Å². The van der Waals surface area contributed by atoms with Gasteiger partial charge in [-0.05, 0) is 60.6 Å². The average molecular weight is 555 g/mol. The van der Waals surface area contributed by atoms with E-state index < -0.39 is 34.7 Å². The molecule has 9 heteroatoms. The van der Waals surface area contributed by atoms with E-state index in [-0.39, 0.29) is 28.9 Å². The molecule has 1 unspecified atom stereocenters. The standard InChI is InChI=1S/C32H30N2O7/c1-31(2)16-15-21-18(17-31)7-5-8-22(21)33-23-9-6-10-24(35)25(23)32(30(33)39)26(29(38)41-4)27(36)28(37)34(32)19-11-13-20(40-3)14-12-19/h5,7-8,11-16,36H,6,9-10,17H2,1-4H3. The van der Waals surface area contributed by atoms with Crippen molar-refractivity contribution >= 4 is 41.0 Å². The first-order valence-corrected chi connectivity index (χ1v) is 13.5. The Morgan fingerprint density at radius 2 is 1.73 bits per heavy atom. The number of hydrogen-bond acceptors (Lipinski definition) is 7. The lowest BCUT2D eigenvalue weighted by Crippen LogP contribution is -2.59. The third-order valence-corrected chi connectivity index (χ3v) is 8.35. The Balaban J connectivity index is 1.65. The Labute approximate surface area is 237 Å². The molecule has 41 heavy (non-hydrogen) atoms. The molecule has 0 bridgehead atoms. The fraction of sp³-hybridized carbons (Fsp3) is 0.312. The molecule has 6 rings (SSSR count). The highest BCUT2D eigenvalue weighted by atomic mass is 16.5. The van der Waals surface area contributed by atoms with Gasteiger partial charge in [-0.2, -0.15) is 0 Å². The van der Waals surface area contributed by atoms with Crippen LogP contribution in [0, 0.1) is 5.41 Å². The SMILES string of the molecule is COC(=O)C1=C(O)C(=O)N(c2ccc(OC)cc2)C12C(=O)N(c1cccc3c1C=CC(C)(C)C3)C1=C2C(=O)CCC1. The number of hydrogen-bond donors (Lipinski definition) is 1. The summed E-state index contributed by atoms with van der Waals surface area (Å²) < 4.78 is 10.3. The van der Waals surface area contributed by atoms with E-state index in [1.165, 1.54) is 12.0 Å². The normalized spacial score (nSPS) is 23.0. The van der Waals surface area contributed by atoms with Crippen LogP contribution < -0.4 is 14.5 Å². The van der Waals surface area contributed by atoms with Gasteiger partial charge in [0.2, 0.25) is 0 Å². The van der Waals surface area contributed by atoms with Crippen LogP contribution in [0.4, 0.5) is 11.4 Å². The molecule has 1 spiro atoms. The molecule has 0 saturated carbocycles. The van der Waals surface area contributed by atoms with Crippen molar-refractivity contribution in [2.75, 3.05) is 24.0 Å². The Morgan fingerprint density at radius 3 is 2.41 bits per heavy atom. The summed E-state index contributed by atoms with van der Waals surface area (Å²) in [7, 11) is 2.60. The molecule has 9 nitrogen and oxygen atoms in total. The second-order valence-electron chi connectivity index (χ2n) is 11.4. The number of aliphatic hydroxyl groups excluding tert-OH is 1. The zero-order valence-electron chi connectivity index (χ0n) is 23.3. The first kappa shape index (κ1) is 26.6. The number of fused-ring (bicyclic) bond motifs is 2. The number of carbonyl (C=O) groups excluding carboxylic acids is 4. The zero-order chi connectivity index (χ0) is 29.3. The lowest BCUT2D eigenvalue weighted by atomic mass is 9.77. The predicted molar refractivity (Wildman–Crippen MR) is 151 cm³/mol. The van der Waals surface area contributed by atoms with E-state index >= 15 is 4.79 Å². The minimum atomic E-state index is -2.24. The summed E-state index contributed by atoms with van der Waals surface area (Å²) >= 11 is 0. The van der Waals surface area contributed by atoms with Gasteiger partial charge < -0.3 is 14.6 Å². The lowest BCUT2D eigenvalue weighted by Gasteiger charge is -2.37. The van der Waals surface area contributed by atoms with Crippen molar-refractivity contribution in [2.45, 2.75) is 45.1 Å². The molecule has 4 aliphatic rings. The number of amides is 2. The number of allylic oxidation sites excluding steroid dienone is 2. The zero-order valence-corrected chi connectivity index (χ0v) is 23.3. The van der Waals surface area contributed by atoms with Gasteiger partial charge in [0.05, 0.1) is 25.5 Å². The van der Waals surface area contributed by atoms with Crippen LogP contribution in [0.5, 0.6) is 5.75 Å². The van der Waals surface area contributed by atoms with Crippen molar-refractivity contribution in [2.24, 2.45) is 5.41 Å². The molecule has 0 radical (unpaired) electrons. The van der Waals surface area contributed by atoms with E-state index in [0.29, 0.717) is 30.0 Å². The molecule has 2 aliphatic heterocycles. The van der Waals surface area contributed by atoms with Gasteiger partial charge in [-0.3, -0.25) is 24.2 Å². The summed E-state index contributed by atoms with van der Waals surface area (Å²) in [6.45, 7) is 4.26. The molecule has 0 saturated heterocycles. The van der Waals surface area contributed by atoms with Crippen molar-refractivity contribution in [3.8, 4) is 5.75 Å². The number of carbonyl (C=O) groups is 4. The van der Waals surface area contributed by atoms with Crippen LogP contribution in [0.15, 0.2) is 71.1 Å². The van der Waals surface area contributed by atoms with Crippen LogP contribution in [-0.2, 0) is 30.3 Å². The molecule has 1 N–H and O–H groups in total. The fourth-order valence-corrected chi connectivity index (χ4v) is 6.58. The van der Waals surface area contributed by atoms with Gasteiger partial charge in [0, 0.05) is 23.4 Å². The summed E-state index contributed by atoms with van der Waals surface area (Å²) in [6, 6.07) is 12.0. The average Bonchev–Trinajstić information content (AvgIpc) is 3.34. The number of nitrogens with zero attached hydrogens (tertiary/aromatic N) is 2. The van der Waals surface area contributed by atoms with E-state index in [4.69, 9.17) is 9.47 Å². The summed E-state index contributed by atoms with van der Waals surface area (Å²) in [6.07, 6.45) is 5.80. The van der Waals surface area contributed by atoms with Gasteiger partial charge in [-0.15, -0.1) is 0 Å². The molecule has 0 fully saturated rings. The first-order valence-electron chi connectivity index (χ1n) is 13.5. The number of esters is 1. The summed E-state index contributed by atoms with van der Waals surface area (Å²) in [5, 5.41) is 11.2. The largest absolute Gasteiger partial charge is 0.503 e. The number of rotatable bonds is 4. The highest BCUT2D eigenvalue weighted by Gasteiger charge is 2.69. The Bertz CT molecular complexity index is 1630. The Morgan fingerprint density at radius 1 is 1.00 bits per heavy atom. The van der Waals surface area contributed by atoms with Crippen molar-refractivity contribution in [3.05, 3.63) is 82.3 Å². The number of ketones is 1. The summed E-state index contributed by atoms with van der Waals surface area (Å²) in [5.74, 6) is -3.54. The minimum absolute atomic E-state index is 0.0140. The van der Waals surface area contributed by atoms with Crippen LogP contribution in [0.25, 0.3) is 6.08 Å². The van der Waals surface area contributed by atoms with Crippen molar-refractivity contribution in [1.29, 1.82) is 0 Å². The number of Topliss-reactive ketones (excluding diaryl/α,β-unsaturated/α-hetero) is 1. The third-order valence-electron chi connectivity index (χ3n) is 8.35.